The molecule has 0 unspecified atom stereocenters. The molecule has 1 atom stereocenters. The van der Waals surface area contributed by atoms with Crippen LogP contribution in [-0.4, -0.2) is 26.2 Å². The number of halogens is 1. The fourth-order valence-corrected chi connectivity index (χ4v) is 2.04. The Morgan fingerprint density at radius 2 is 1.70 bits per heavy atom. The van der Waals surface area contributed by atoms with Gasteiger partial charge in [0.25, 0.3) is 5.91 Å². The van der Waals surface area contributed by atoms with E-state index >= 15 is 0 Å². The first-order chi connectivity index (χ1) is 11.0. The number of hydrogen-bond donors (Lipinski definition) is 1. The molecule has 0 saturated heterocycles. The van der Waals surface area contributed by atoms with Crippen LogP contribution in [0.25, 0.3) is 0 Å². The molecule has 2 rings (SSSR count). The smallest absolute Gasteiger partial charge is 0.265 e. The van der Waals surface area contributed by atoms with E-state index in [1.165, 1.54) is 7.11 Å². The largest absolute Gasteiger partial charge is 0.497 e. The van der Waals surface area contributed by atoms with Gasteiger partial charge >= 0.3 is 0 Å². The number of amides is 1. The Hall–Kier alpha value is -2.40. The van der Waals surface area contributed by atoms with Gasteiger partial charge in [-0.25, -0.2) is 0 Å². The molecular formula is C17H18ClNO4. The molecule has 5 nitrogen and oxygen atoms in total. The maximum absolute atomic E-state index is 12.3. The second-order valence-corrected chi connectivity index (χ2v) is 5.21. The minimum atomic E-state index is -0.688. The van der Waals surface area contributed by atoms with Gasteiger partial charge in [-0.05, 0) is 43.3 Å². The van der Waals surface area contributed by atoms with E-state index in [4.69, 9.17) is 25.8 Å². The van der Waals surface area contributed by atoms with Crippen molar-refractivity contribution in [1.82, 2.24) is 0 Å². The number of methoxy groups -OCH3 is 2. The summed E-state index contributed by atoms with van der Waals surface area (Å²) in [5.41, 5.74) is 0.517. The van der Waals surface area contributed by atoms with Crippen LogP contribution in [0.3, 0.4) is 0 Å². The highest BCUT2D eigenvalue weighted by atomic mass is 35.5. The summed E-state index contributed by atoms with van der Waals surface area (Å²) in [5.74, 6) is 1.42. The second-order valence-electron chi connectivity index (χ2n) is 4.77. The molecule has 2 aromatic carbocycles. The fraction of sp³-hybridized carbons (Fsp3) is 0.235. The summed E-state index contributed by atoms with van der Waals surface area (Å²) in [6, 6.07) is 12.0. The second kappa shape index (κ2) is 7.74. The third-order valence-electron chi connectivity index (χ3n) is 3.16. The Labute approximate surface area is 140 Å². The first-order valence-electron chi connectivity index (χ1n) is 6.98. The molecular weight excluding hydrogens is 318 g/mol. The van der Waals surface area contributed by atoms with E-state index in [9.17, 15) is 4.79 Å². The Morgan fingerprint density at radius 1 is 1.04 bits per heavy atom. The van der Waals surface area contributed by atoms with Crippen molar-refractivity contribution in [2.75, 3.05) is 19.5 Å². The molecule has 0 saturated carbocycles. The zero-order valence-corrected chi connectivity index (χ0v) is 13.9. The van der Waals surface area contributed by atoms with Gasteiger partial charge in [0, 0.05) is 11.1 Å². The van der Waals surface area contributed by atoms with Crippen molar-refractivity contribution in [2.45, 2.75) is 13.0 Å². The SMILES string of the molecule is COc1ccc(OC)c(NC(=O)[C@H](C)Oc2ccc(Cl)cc2)c1. The van der Waals surface area contributed by atoms with Crippen molar-refractivity contribution in [1.29, 1.82) is 0 Å². The maximum Gasteiger partial charge on any atom is 0.265 e. The van der Waals surface area contributed by atoms with Crippen molar-refractivity contribution in [3.05, 3.63) is 47.5 Å². The molecule has 0 bridgehead atoms. The highest BCUT2D eigenvalue weighted by Gasteiger charge is 2.17. The maximum atomic E-state index is 12.3. The molecule has 0 heterocycles. The van der Waals surface area contributed by atoms with Gasteiger partial charge in [0.1, 0.15) is 17.2 Å². The number of anilines is 1. The number of nitrogens with one attached hydrogen (secondary N) is 1. The average molecular weight is 336 g/mol. The van der Waals surface area contributed by atoms with E-state index < -0.39 is 6.10 Å². The van der Waals surface area contributed by atoms with Gasteiger partial charge in [-0.1, -0.05) is 11.6 Å². The zero-order valence-electron chi connectivity index (χ0n) is 13.1. The molecule has 0 aromatic heterocycles. The van der Waals surface area contributed by atoms with Gasteiger partial charge in [0.05, 0.1) is 19.9 Å². The molecule has 0 aliphatic heterocycles. The van der Waals surface area contributed by atoms with Crippen LogP contribution in [0, 0.1) is 0 Å². The van der Waals surface area contributed by atoms with Gasteiger partial charge in [-0.2, -0.15) is 0 Å². The summed E-state index contributed by atoms with van der Waals surface area (Å²) in [6.07, 6.45) is -0.688. The first-order valence-corrected chi connectivity index (χ1v) is 7.36. The van der Waals surface area contributed by atoms with Gasteiger partial charge in [-0.3, -0.25) is 4.79 Å². The molecule has 1 amide bonds. The van der Waals surface area contributed by atoms with E-state index in [0.29, 0.717) is 28.0 Å². The molecule has 1 N–H and O–H groups in total. The van der Waals surface area contributed by atoms with E-state index in [0.717, 1.165) is 0 Å². The van der Waals surface area contributed by atoms with Crippen LogP contribution < -0.4 is 19.5 Å². The molecule has 0 radical (unpaired) electrons. The molecule has 2 aromatic rings. The van der Waals surface area contributed by atoms with Crippen LogP contribution >= 0.6 is 11.6 Å². The number of carbonyl (C=O) groups is 1. The lowest BCUT2D eigenvalue weighted by molar-refractivity contribution is -0.122. The summed E-state index contributed by atoms with van der Waals surface area (Å²) in [4.78, 5) is 12.3. The molecule has 0 spiro atoms. The van der Waals surface area contributed by atoms with Crippen LogP contribution in [0.1, 0.15) is 6.92 Å². The lowest BCUT2D eigenvalue weighted by Crippen LogP contribution is -2.30. The third-order valence-corrected chi connectivity index (χ3v) is 3.41. The Kier molecular flexibility index (Phi) is 5.71. The molecule has 0 aliphatic carbocycles. The minimum absolute atomic E-state index is 0.300. The lowest BCUT2D eigenvalue weighted by Gasteiger charge is -2.16. The number of carbonyl (C=O) groups excluding carboxylic acids is 1. The highest BCUT2D eigenvalue weighted by molar-refractivity contribution is 6.30. The van der Waals surface area contributed by atoms with Crippen LogP contribution in [0.4, 0.5) is 5.69 Å². The van der Waals surface area contributed by atoms with Crippen LogP contribution in [0.15, 0.2) is 42.5 Å². The zero-order chi connectivity index (χ0) is 16.8. The van der Waals surface area contributed by atoms with Crippen LogP contribution in [0.5, 0.6) is 17.2 Å². The first kappa shape index (κ1) is 17.0. The van der Waals surface area contributed by atoms with E-state index in [-0.39, 0.29) is 5.91 Å². The normalized spacial score (nSPS) is 11.5. The Balaban J connectivity index is 2.07. The third kappa shape index (κ3) is 4.53. The number of hydrogen-bond acceptors (Lipinski definition) is 4. The molecule has 0 fully saturated rings. The summed E-state index contributed by atoms with van der Waals surface area (Å²) < 4.78 is 16.0. The van der Waals surface area contributed by atoms with Crippen LogP contribution in [0.2, 0.25) is 5.02 Å². The molecule has 122 valence electrons. The van der Waals surface area contributed by atoms with Gasteiger partial charge in [0.2, 0.25) is 0 Å². The summed E-state index contributed by atoms with van der Waals surface area (Å²) >= 11 is 5.82. The number of benzene rings is 2. The van der Waals surface area contributed by atoms with Crippen LogP contribution in [-0.2, 0) is 4.79 Å². The molecule has 6 heteroatoms. The van der Waals surface area contributed by atoms with E-state index in [1.54, 1.807) is 56.5 Å². The van der Waals surface area contributed by atoms with Crippen molar-refractivity contribution in [3.8, 4) is 17.2 Å². The summed E-state index contributed by atoms with van der Waals surface area (Å²) in [6.45, 7) is 1.66. The average Bonchev–Trinajstić information content (AvgIpc) is 2.56. The monoisotopic (exact) mass is 335 g/mol. The summed E-state index contributed by atoms with van der Waals surface area (Å²) in [7, 11) is 3.09. The number of ether oxygens (including phenoxy) is 3. The number of rotatable bonds is 6. The van der Waals surface area contributed by atoms with E-state index in [2.05, 4.69) is 5.32 Å². The predicted octanol–water partition coefficient (Wildman–Crippen LogP) is 3.76. The van der Waals surface area contributed by atoms with Gasteiger partial charge in [-0.15, -0.1) is 0 Å². The molecule has 23 heavy (non-hydrogen) atoms. The quantitative estimate of drug-likeness (QED) is 0.873. The van der Waals surface area contributed by atoms with Gasteiger partial charge < -0.3 is 19.5 Å². The van der Waals surface area contributed by atoms with Crippen molar-refractivity contribution in [2.24, 2.45) is 0 Å². The fourth-order valence-electron chi connectivity index (χ4n) is 1.92. The predicted molar refractivity (Wildman–Crippen MR) is 89.7 cm³/mol. The van der Waals surface area contributed by atoms with Crippen molar-refractivity contribution >= 4 is 23.2 Å². The molecule has 0 aliphatic rings. The van der Waals surface area contributed by atoms with E-state index in [1.807, 2.05) is 0 Å². The standard InChI is InChI=1S/C17H18ClNO4/c1-11(23-13-6-4-12(18)5-7-13)17(20)19-15-10-14(21-2)8-9-16(15)22-3/h4-11H,1-3H3,(H,19,20)/t11-/m0/s1. The highest BCUT2D eigenvalue weighted by Crippen LogP contribution is 2.29. The van der Waals surface area contributed by atoms with Crippen molar-refractivity contribution < 1.29 is 19.0 Å². The lowest BCUT2D eigenvalue weighted by atomic mass is 10.2. The Morgan fingerprint density at radius 3 is 2.30 bits per heavy atom. The Bertz CT molecular complexity index is 673. The van der Waals surface area contributed by atoms with Gasteiger partial charge in [0.15, 0.2) is 6.10 Å². The minimum Gasteiger partial charge on any atom is -0.497 e. The van der Waals surface area contributed by atoms with Crippen molar-refractivity contribution in [3.63, 3.8) is 0 Å². The topological polar surface area (TPSA) is 56.8 Å². The summed E-state index contributed by atoms with van der Waals surface area (Å²) in [5, 5.41) is 3.38.